The number of urea groups is 1. The molecule has 1 fully saturated rings. The zero-order valence-corrected chi connectivity index (χ0v) is 11.6. The fourth-order valence-electron chi connectivity index (χ4n) is 2.55. The standard InChI is InChI=1S/C15H23N3O/c1-12-6-3-2-4-9-18(12)15(19)17-14-8-5-7-13(10-14)11-16/h5,7-8,10,12H,2-4,6,9,11,16H2,1H3,(H,17,19). The number of nitrogens with two attached hydrogens (primary N) is 1. The number of benzene rings is 1. The van der Waals surface area contributed by atoms with Crippen molar-refractivity contribution in [1.82, 2.24) is 4.90 Å². The number of carbonyl (C=O) groups is 1. The van der Waals surface area contributed by atoms with Crippen LogP contribution in [-0.4, -0.2) is 23.5 Å². The highest BCUT2D eigenvalue weighted by molar-refractivity contribution is 5.89. The van der Waals surface area contributed by atoms with Gasteiger partial charge in [-0.3, -0.25) is 0 Å². The van der Waals surface area contributed by atoms with Crippen molar-refractivity contribution in [1.29, 1.82) is 0 Å². The Balaban J connectivity index is 2.02. The van der Waals surface area contributed by atoms with Crippen LogP contribution in [0.2, 0.25) is 0 Å². The van der Waals surface area contributed by atoms with E-state index in [4.69, 9.17) is 5.73 Å². The number of carbonyl (C=O) groups excluding carboxylic acids is 1. The van der Waals surface area contributed by atoms with E-state index in [0.29, 0.717) is 12.6 Å². The van der Waals surface area contributed by atoms with Crippen molar-refractivity contribution < 1.29 is 4.79 Å². The monoisotopic (exact) mass is 261 g/mol. The number of anilines is 1. The second-order valence-electron chi connectivity index (χ2n) is 5.23. The fraction of sp³-hybridized carbons (Fsp3) is 0.533. The van der Waals surface area contributed by atoms with Crippen molar-refractivity contribution >= 4 is 11.7 Å². The second-order valence-corrected chi connectivity index (χ2v) is 5.23. The molecule has 2 rings (SSSR count). The molecular formula is C15H23N3O. The summed E-state index contributed by atoms with van der Waals surface area (Å²) in [5, 5.41) is 2.98. The van der Waals surface area contributed by atoms with Gasteiger partial charge in [0, 0.05) is 24.8 Å². The lowest BCUT2D eigenvalue weighted by atomic mass is 10.1. The van der Waals surface area contributed by atoms with Crippen LogP contribution in [0, 0.1) is 0 Å². The van der Waals surface area contributed by atoms with Crippen LogP contribution >= 0.6 is 0 Å². The van der Waals surface area contributed by atoms with Crippen molar-refractivity contribution in [3.63, 3.8) is 0 Å². The topological polar surface area (TPSA) is 58.4 Å². The van der Waals surface area contributed by atoms with Gasteiger partial charge in [0.25, 0.3) is 0 Å². The van der Waals surface area contributed by atoms with Gasteiger partial charge in [0.2, 0.25) is 0 Å². The van der Waals surface area contributed by atoms with Gasteiger partial charge in [-0.1, -0.05) is 25.0 Å². The average molecular weight is 261 g/mol. The summed E-state index contributed by atoms with van der Waals surface area (Å²) in [6, 6.07) is 8.04. The van der Waals surface area contributed by atoms with Gasteiger partial charge in [0.15, 0.2) is 0 Å². The maximum absolute atomic E-state index is 12.3. The molecule has 0 aliphatic carbocycles. The van der Waals surface area contributed by atoms with Gasteiger partial charge < -0.3 is 16.0 Å². The third-order valence-electron chi connectivity index (χ3n) is 3.73. The number of nitrogens with zero attached hydrogens (tertiary/aromatic N) is 1. The Morgan fingerprint density at radius 3 is 3.05 bits per heavy atom. The van der Waals surface area contributed by atoms with E-state index >= 15 is 0 Å². The maximum atomic E-state index is 12.3. The van der Waals surface area contributed by atoms with Gasteiger partial charge in [0.05, 0.1) is 0 Å². The predicted octanol–water partition coefficient (Wildman–Crippen LogP) is 2.94. The minimum Gasteiger partial charge on any atom is -0.326 e. The highest BCUT2D eigenvalue weighted by Gasteiger charge is 2.21. The van der Waals surface area contributed by atoms with Crippen molar-refractivity contribution in [3.8, 4) is 0 Å². The molecule has 1 aliphatic heterocycles. The first-order valence-electron chi connectivity index (χ1n) is 7.07. The molecule has 0 aromatic heterocycles. The lowest BCUT2D eigenvalue weighted by Gasteiger charge is -2.27. The fourth-order valence-corrected chi connectivity index (χ4v) is 2.55. The SMILES string of the molecule is CC1CCCCCN1C(=O)Nc1cccc(CN)c1. The van der Waals surface area contributed by atoms with Gasteiger partial charge in [-0.25, -0.2) is 4.79 Å². The quantitative estimate of drug-likeness (QED) is 0.860. The number of rotatable bonds is 2. The summed E-state index contributed by atoms with van der Waals surface area (Å²) in [6.45, 7) is 3.47. The van der Waals surface area contributed by atoms with Crippen LogP contribution in [0.15, 0.2) is 24.3 Å². The molecule has 0 radical (unpaired) electrons. The molecule has 0 bridgehead atoms. The smallest absolute Gasteiger partial charge is 0.322 e. The Kier molecular flexibility index (Phi) is 4.80. The Morgan fingerprint density at radius 2 is 2.26 bits per heavy atom. The zero-order valence-electron chi connectivity index (χ0n) is 11.6. The first-order chi connectivity index (χ1) is 9.20. The number of amides is 2. The zero-order chi connectivity index (χ0) is 13.7. The summed E-state index contributed by atoms with van der Waals surface area (Å²) in [4.78, 5) is 14.3. The van der Waals surface area contributed by atoms with Gasteiger partial charge >= 0.3 is 6.03 Å². The number of likely N-dealkylation sites (tertiary alicyclic amines) is 1. The van der Waals surface area contributed by atoms with Crippen LogP contribution in [0.25, 0.3) is 0 Å². The Morgan fingerprint density at radius 1 is 1.42 bits per heavy atom. The number of hydrogen-bond acceptors (Lipinski definition) is 2. The molecule has 0 saturated carbocycles. The van der Waals surface area contributed by atoms with Crippen molar-refractivity contribution in [2.45, 2.75) is 45.2 Å². The summed E-state index contributed by atoms with van der Waals surface area (Å²) < 4.78 is 0. The normalized spacial score (nSPS) is 19.9. The van der Waals surface area contributed by atoms with Crippen LogP contribution in [0.1, 0.15) is 38.2 Å². The van der Waals surface area contributed by atoms with E-state index in [-0.39, 0.29) is 6.03 Å². The molecule has 1 aromatic carbocycles. The van der Waals surface area contributed by atoms with Gasteiger partial charge in [-0.05, 0) is 37.5 Å². The molecule has 1 unspecified atom stereocenters. The van der Waals surface area contributed by atoms with E-state index in [9.17, 15) is 4.79 Å². The summed E-state index contributed by atoms with van der Waals surface area (Å²) in [6.07, 6.45) is 4.63. The summed E-state index contributed by atoms with van der Waals surface area (Å²) in [5.41, 5.74) is 7.46. The highest BCUT2D eigenvalue weighted by atomic mass is 16.2. The minimum absolute atomic E-state index is 0.00331. The third kappa shape index (κ3) is 3.70. The second kappa shape index (κ2) is 6.57. The molecular weight excluding hydrogens is 238 g/mol. The van der Waals surface area contributed by atoms with Crippen LogP contribution in [-0.2, 0) is 6.54 Å². The van der Waals surface area contributed by atoms with Crippen molar-refractivity contribution in [3.05, 3.63) is 29.8 Å². The predicted molar refractivity (Wildman–Crippen MR) is 78.0 cm³/mol. The first kappa shape index (κ1) is 13.9. The van der Waals surface area contributed by atoms with Crippen molar-refractivity contribution in [2.24, 2.45) is 5.73 Å². The van der Waals surface area contributed by atoms with Crippen LogP contribution < -0.4 is 11.1 Å². The molecule has 0 spiro atoms. The maximum Gasteiger partial charge on any atom is 0.322 e. The van der Waals surface area contributed by atoms with Gasteiger partial charge in [-0.15, -0.1) is 0 Å². The molecule has 1 aromatic rings. The molecule has 3 N–H and O–H groups in total. The lowest BCUT2D eigenvalue weighted by molar-refractivity contribution is 0.194. The number of nitrogens with one attached hydrogen (secondary N) is 1. The van der Waals surface area contributed by atoms with E-state index < -0.39 is 0 Å². The molecule has 1 atom stereocenters. The van der Waals surface area contributed by atoms with Crippen LogP contribution in [0.3, 0.4) is 0 Å². The van der Waals surface area contributed by atoms with Crippen LogP contribution in [0.5, 0.6) is 0 Å². The summed E-state index contributed by atoms with van der Waals surface area (Å²) in [5.74, 6) is 0. The molecule has 4 nitrogen and oxygen atoms in total. The van der Waals surface area contributed by atoms with E-state index in [1.54, 1.807) is 0 Å². The average Bonchev–Trinajstić information content (AvgIpc) is 2.63. The number of hydrogen-bond donors (Lipinski definition) is 2. The third-order valence-corrected chi connectivity index (χ3v) is 3.73. The van der Waals surface area contributed by atoms with E-state index in [2.05, 4.69) is 12.2 Å². The van der Waals surface area contributed by atoms with Crippen LogP contribution in [0.4, 0.5) is 10.5 Å². The largest absolute Gasteiger partial charge is 0.326 e. The minimum atomic E-state index is 0.00331. The molecule has 104 valence electrons. The molecule has 1 saturated heterocycles. The summed E-state index contributed by atoms with van der Waals surface area (Å²) >= 11 is 0. The lowest BCUT2D eigenvalue weighted by Crippen LogP contribution is -2.41. The Bertz CT molecular complexity index is 433. The Hall–Kier alpha value is -1.55. The van der Waals surface area contributed by atoms with E-state index in [1.807, 2.05) is 29.2 Å². The molecule has 1 heterocycles. The molecule has 19 heavy (non-hydrogen) atoms. The van der Waals surface area contributed by atoms with Gasteiger partial charge in [0.1, 0.15) is 0 Å². The Labute approximate surface area is 115 Å². The van der Waals surface area contributed by atoms with Crippen molar-refractivity contribution in [2.75, 3.05) is 11.9 Å². The first-order valence-corrected chi connectivity index (χ1v) is 7.07. The van der Waals surface area contributed by atoms with E-state index in [1.165, 1.54) is 12.8 Å². The van der Waals surface area contributed by atoms with Gasteiger partial charge in [-0.2, -0.15) is 0 Å². The van der Waals surface area contributed by atoms with E-state index in [0.717, 1.165) is 30.6 Å². The summed E-state index contributed by atoms with van der Waals surface area (Å²) in [7, 11) is 0. The molecule has 4 heteroatoms. The molecule has 1 aliphatic rings. The highest BCUT2D eigenvalue weighted by Crippen LogP contribution is 2.18. The molecule has 2 amide bonds.